The second-order valence-electron chi connectivity index (χ2n) is 4.39. The molecule has 0 saturated carbocycles. The molecule has 7 heteroatoms. The zero-order valence-electron chi connectivity index (χ0n) is 12.4. The third-order valence-corrected chi connectivity index (χ3v) is 3.81. The molecule has 118 valence electrons. The van der Waals surface area contributed by atoms with Crippen molar-refractivity contribution in [1.82, 2.24) is 5.32 Å². The zero-order chi connectivity index (χ0) is 15.8. The number of hydrogen-bond donors (Lipinski definition) is 1. The molecule has 1 aromatic heterocycles. The van der Waals surface area contributed by atoms with Gasteiger partial charge in [0.15, 0.2) is 5.76 Å². The molecule has 0 spiro atoms. The van der Waals surface area contributed by atoms with Crippen LogP contribution in [-0.4, -0.2) is 36.5 Å². The van der Waals surface area contributed by atoms with E-state index >= 15 is 0 Å². The molecule has 1 amide bonds. The minimum absolute atomic E-state index is 0.154. The van der Waals surface area contributed by atoms with Crippen molar-refractivity contribution >= 4 is 35.2 Å². The first-order valence-corrected chi connectivity index (χ1v) is 8.58. The van der Waals surface area contributed by atoms with Crippen molar-refractivity contribution in [2.75, 3.05) is 18.6 Å². The van der Waals surface area contributed by atoms with Gasteiger partial charge in [0, 0.05) is 5.56 Å². The van der Waals surface area contributed by atoms with Crippen LogP contribution in [0.1, 0.15) is 35.2 Å². The molecule has 0 aliphatic heterocycles. The first-order chi connectivity index (χ1) is 10.0. The highest BCUT2D eigenvalue weighted by Crippen LogP contribution is 2.17. The van der Waals surface area contributed by atoms with Gasteiger partial charge in [0.2, 0.25) is 0 Å². The molecule has 0 saturated heterocycles. The van der Waals surface area contributed by atoms with Gasteiger partial charge in [-0.05, 0) is 38.3 Å². The van der Waals surface area contributed by atoms with Crippen molar-refractivity contribution in [1.29, 1.82) is 0 Å². The van der Waals surface area contributed by atoms with Crippen LogP contribution in [-0.2, 0) is 15.4 Å². The number of halogens is 1. The molecule has 1 heterocycles. The highest BCUT2D eigenvalue weighted by atomic mass is 35.5. The summed E-state index contributed by atoms with van der Waals surface area (Å²) in [5.41, 5.74) is 0.763. The number of esters is 1. The molecule has 0 aliphatic rings. The number of thioether (sulfide) groups is 1. The Morgan fingerprint density at radius 1 is 1.52 bits per heavy atom. The van der Waals surface area contributed by atoms with Crippen molar-refractivity contribution in [3.63, 3.8) is 0 Å². The van der Waals surface area contributed by atoms with E-state index in [2.05, 4.69) is 5.32 Å². The van der Waals surface area contributed by atoms with Crippen molar-refractivity contribution in [3.05, 3.63) is 23.2 Å². The van der Waals surface area contributed by atoms with E-state index in [0.29, 0.717) is 12.2 Å². The Morgan fingerprint density at radius 3 is 2.76 bits per heavy atom. The molecule has 1 unspecified atom stereocenters. The third-order valence-electron chi connectivity index (χ3n) is 2.88. The highest BCUT2D eigenvalue weighted by Gasteiger charge is 2.24. The molecule has 0 aliphatic carbocycles. The number of hydrogen-bond acceptors (Lipinski definition) is 5. The summed E-state index contributed by atoms with van der Waals surface area (Å²) in [4.78, 5) is 24.0. The molecule has 0 bridgehead atoms. The maximum Gasteiger partial charge on any atom is 0.328 e. The molecular weight excluding hydrogens is 314 g/mol. The normalized spacial score (nSPS) is 12.0. The van der Waals surface area contributed by atoms with Gasteiger partial charge in [0.1, 0.15) is 11.8 Å². The van der Waals surface area contributed by atoms with Gasteiger partial charge in [-0.1, -0.05) is 0 Å². The fourth-order valence-electron chi connectivity index (χ4n) is 1.72. The smallest absolute Gasteiger partial charge is 0.328 e. The number of carbonyl (C=O) groups is 2. The molecule has 0 aromatic carbocycles. The SMILES string of the molecule is CCOC(=O)C(CCSC)NC(=O)c1cc(CCl)c(C)o1. The van der Waals surface area contributed by atoms with Crippen LogP contribution in [0.4, 0.5) is 0 Å². The number of carbonyl (C=O) groups excluding carboxylic acids is 2. The minimum Gasteiger partial charge on any atom is -0.464 e. The quantitative estimate of drug-likeness (QED) is 0.585. The van der Waals surface area contributed by atoms with E-state index in [0.717, 1.165) is 11.3 Å². The van der Waals surface area contributed by atoms with Crippen molar-refractivity contribution < 1.29 is 18.7 Å². The van der Waals surface area contributed by atoms with Crippen LogP contribution < -0.4 is 5.32 Å². The lowest BCUT2D eigenvalue weighted by molar-refractivity contribution is -0.145. The number of rotatable bonds is 8. The maximum absolute atomic E-state index is 12.1. The van der Waals surface area contributed by atoms with Gasteiger partial charge in [-0.25, -0.2) is 4.79 Å². The van der Waals surface area contributed by atoms with E-state index in [9.17, 15) is 9.59 Å². The van der Waals surface area contributed by atoms with Crippen LogP contribution in [0.15, 0.2) is 10.5 Å². The largest absolute Gasteiger partial charge is 0.464 e. The maximum atomic E-state index is 12.1. The summed E-state index contributed by atoms with van der Waals surface area (Å²) in [6, 6.07) is 0.920. The van der Waals surface area contributed by atoms with Gasteiger partial charge >= 0.3 is 5.97 Å². The molecule has 1 aromatic rings. The van der Waals surface area contributed by atoms with Crippen LogP contribution in [0.2, 0.25) is 0 Å². The predicted octanol–water partition coefficient (Wildman–Crippen LogP) is 2.74. The fourth-order valence-corrected chi connectivity index (χ4v) is 2.46. The molecule has 0 radical (unpaired) electrons. The Morgan fingerprint density at radius 2 is 2.24 bits per heavy atom. The van der Waals surface area contributed by atoms with E-state index in [-0.39, 0.29) is 18.2 Å². The number of ether oxygens (including phenoxy) is 1. The number of alkyl halides is 1. The van der Waals surface area contributed by atoms with Crippen molar-refractivity contribution in [2.45, 2.75) is 32.2 Å². The van der Waals surface area contributed by atoms with Crippen LogP contribution >= 0.6 is 23.4 Å². The van der Waals surface area contributed by atoms with Gasteiger partial charge in [-0.3, -0.25) is 4.79 Å². The second-order valence-corrected chi connectivity index (χ2v) is 5.64. The highest BCUT2D eigenvalue weighted by molar-refractivity contribution is 7.98. The van der Waals surface area contributed by atoms with Crippen molar-refractivity contribution in [3.8, 4) is 0 Å². The Labute approximate surface area is 133 Å². The molecule has 21 heavy (non-hydrogen) atoms. The summed E-state index contributed by atoms with van der Waals surface area (Å²) in [6.07, 6.45) is 2.44. The van der Waals surface area contributed by atoms with E-state index in [1.54, 1.807) is 31.7 Å². The summed E-state index contributed by atoms with van der Waals surface area (Å²) in [5.74, 6) is 0.910. The standard InChI is InChI=1S/C14H20ClNO4S/c1-4-19-14(18)11(5-6-21-3)16-13(17)12-7-10(8-15)9(2)20-12/h7,11H,4-6,8H2,1-3H3,(H,16,17). The lowest BCUT2D eigenvalue weighted by Crippen LogP contribution is -2.42. The van der Waals surface area contributed by atoms with E-state index < -0.39 is 17.9 Å². The van der Waals surface area contributed by atoms with Crippen LogP contribution in [0.3, 0.4) is 0 Å². The monoisotopic (exact) mass is 333 g/mol. The summed E-state index contributed by atoms with van der Waals surface area (Å²) < 4.78 is 10.3. The Kier molecular flexibility index (Phi) is 7.67. The van der Waals surface area contributed by atoms with Crippen molar-refractivity contribution in [2.24, 2.45) is 0 Å². The van der Waals surface area contributed by atoms with Crippen LogP contribution in [0.5, 0.6) is 0 Å². The van der Waals surface area contributed by atoms with Crippen LogP contribution in [0, 0.1) is 6.92 Å². The van der Waals surface area contributed by atoms with E-state index in [1.807, 2.05) is 6.26 Å². The first-order valence-electron chi connectivity index (χ1n) is 6.65. The molecular formula is C14H20ClNO4S. The fraction of sp³-hybridized carbons (Fsp3) is 0.571. The number of nitrogens with one attached hydrogen (secondary N) is 1. The Hall–Kier alpha value is -1.14. The lowest BCUT2D eigenvalue weighted by Gasteiger charge is -2.16. The first kappa shape index (κ1) is 17.9. The average molecular weight is 334 g/mol. The van der Waals surface area contributed by atoms with Gasteiger partial charge in [-0.2, -0.15) is 11.8 Å². The van der Waals surface area contributed by atoms with Gasteiger partial charge in [0.05, 0.1) is 12.5 Å². The number of amides is 1. The zero-order valence-corrected chi connectivity index (χ0v) is 14.0. The minimum atomic E-state index is -0.672. The van der Waals surface area contributed by atoms with Crippen LogP contribution in [0.25, 0.3) is 0 Å². The lowest BCUT2D eigenvalue weighted by atomic mass is 10.2. The topological polar surface area (TPSA) is 68.5 Å². The van der Waals surface area contributed by atoms with Gasteiger partial charge < -0.3 is 14.5 Å². The summed E-state index contributed by atoms with van der Waals surface area (Å²) in [7, 11) is 0. The number of aryl methyl sites for hydroxylation is 1. The molecule has 5 nitrogen and oxygen atoms in total. The predicted molar refractivity (Wildman–Crippen MR) is 83.9 cm³/mol. The van der Waals surface area contributed by atoms with Gasteiger partial charge in [-0.15, -0.1) is 11.6 Å². The summed E-state index contributed by atoms with van der Waals surface area (Å²) >= 11 is 7.35. The third kappa shape index (κ3) is 5.28. The molecule has 1 atom stereocenters. The Balaban J connectivity index is 2.76. The van der Waals surface area contributed by atoms with Gasteiger partial charge in [0.25, 0.3) is 5.91 Å². The summed E-state index contributed by atoms with van der Waals surface area (Å²) in [5, 5.41) is 2.65. The second kappa shape index (κ2) is 9.00. The molecule has 1 rings (SSSR count). The van der Waals surface area contributed by atoms with E-state index in [1.165, 1.54) is 0 Å². The number of furan rings is 1. The molecule has 0 fully saturated rings. The van der Waals surface area contributed by atoms with E-state index in [4.69, 9.17) is 20.8 Å². The molecule has 1 N–H and O–H groups in total. The Bertz CT molecular complexity index is 489. The average Bonchev–Trinajstić information content (AvgIpc) is 2.84. The summed E-state index contributed by atoms with van der Waals surface area (Å²) in [6.45, 7) is 3.75.